The van der Waals surface area contributed by atoms with E-state index in [-0.39, 0.29) is 19.3 Å². The number of hydrogen-bond acceptors (Lipinski definition) is 7. The molecule has 8 heteroatoms. The van der Waals surface area contributed by atoms with Crippen LogP contribution in [-0.4, -0.2) is 42.2 Å². The van der Waals surface area contributed by atoms with Gasteiger partial charge in [0.1, 0.15) is 17.1 Å². The monoisotopic (exact) mass is 527 g/mol. The fourth-order valence-corrected chi connectivity index (χ4v) is 4.25. The Hall–Kier alpha value is -4.61. The molecule has 1 saturated heterocycles. The fourth-order valence-electron chi connectivity index (χ4n) is 4.25. The van der Waals surface area contributed by atoms with Gasteiger partial charge in [-0.2, -0.15) is 0 Å². The lowest BCUT2D eigenvalue weighted by atomic mass is 9.80. The first kappa shape index (κ1) is 27.4. The zero-order valence-electron chi connectivity index (χ0n) is 21.8. The van der Waals surface area contributed by atoms with Crippen molar-refractivity contribution >= 4 is 17.8 Å². The van der Waals surface area contributed by atoms with Crippen molar-refractivity contribution in [3.63, 3.8) is 0 Å². The first-order valence-electron chi connectivity index (χ1n) is 12.5. The summed E-state index contributed by atoms with van der Waals surface area (Å²) in [4.78, 5) is 39.8. The van der Waals surface area contributed by atoms with Crippen molar-refractivity contribution < 1.29 is 33.8 Å². The Morgan fingerprint density at radius 3 is 1.74 bits per heavy atom. The van der Waals surface area contributed by atoms with Gasteiger partial charge < -0.3 is 19.4 Å². The van der Waals surface area contributed by atoms with Gasteiger partial charge in [0, 0.05) is 31.2 Å². The van der Waals surface area contributed by atoms with Gasteiger partial charge in [0.05, 0.1) is 14.2 Å². The third kappa shape index (κ3) is 6.28. The molecule has 0 radical (unpaired) electrons. The number of aliphatic hydroxyl groups is 1. The van der Waals surface area contributed by atoms with Gasteiger partial charge in [-0.1, -0.05) is 48.2 Å². The van der Waals surface area contributed by atoms with E-state index in [4.69, 9.17) is 14.3 Å². The molecule has 1 fully saturated rings. The lowest BCUT2D eigenvalue weighted by Crippen LogP contribution is -2.31. The van der Waals surface area contributed by atoms with E-state index in [1.807, 2.05) is 48.5 Å². The molecule has 0 spiro atoms. The van der Waals surface area contributed by atoms with Gasteiger partial charge in [0.2, 0.25) is 0 Å². The lowest BCUT2D eigenvalue weighted by molar-refractivity contribution is -0.197. The van der Waals surface area contributed by atoms with Crippen LogP contribution in [0.4, 0.5) is 0 Å². The third-order valence-electron chi connectivity index (χ3n) is 6.43. The molecule has 2 amide bonds. The standard InChI is InChI=1S/C31H29NO7/c1-37-26-16-12-24(13-17-26)31(36,25-14-18-27(38-2)19-15-25)23-10-8-22(9-11-23)6-4-3-5-7-30(35)39-32-28(33)20-21-29(32)34/h8-19,36H,3,5,7,20-21H2,1-2H3. The molecule has 39 heavy (non-hydrogen) atoms. The van der Waals surface area contributed by atoms with Gasteiger partial charge in [-0.3, -0.25) is 9.59 Å². The molecule has 3 aromatic rings. The van der Waals surface area contributed by atoms with Crippen LogP contribution in [0.25, 0.3) is 0 Å². The molecular weight excluding hydrogens is 498 g/mol. The van der Waals surface area contributed by atoms with E-state index in [1.165, 1.54) is 0 Å². The highest BCUT2D eigenvalue weighted by Gasteiger charge is 2.34. The number of unbranched alkanes of at least 4 members (excludes halogenated alkanes) is 1. The number of hydroxylamine groups is 2. The predicted molar refractivity (Wildman–Crippen MR) is 142 cm³/mol. The SMILES string of the molecule is COc1ccc(C(O)(c2ccc(C#CCCCC(=O)ON3C(=O)CCC3=O)cc2)c2ccc(OC)cc2)cc1. The van der Waals surface area contributed by atoms with Gasteiger partial charge in [0.25, 0.3) is 11.8 Å². The van der Waals surface area contributed by atoms with Crippen molar-refractivity contribution in [3.05, 3.63) is 95.1 Å². The summed E-state index contributed by atoms with van der Waals surface area (Å²) >= 11 is 0. The summed E-state index contributed by atoms with van der Waals surface area (Å²) in [5, 5.41) is 12.6. The van der Waals surface area contributed by atoms with Crippen LogP contribution in [0.5, 0.6) is 11.5 Å². The number of methoxy groups -OCH3 is 2. The first-order chi connectivity index (χ1) is 18.8. The molecule has 200 valence electrons. The molecule has 1 aliphatic rings. The highest BCUT2D eigenvalue weighted by Crippen LogP contribution is 2.38. The molecule has 8 nitrogen and oxygen atoms in total. The highest BCUT2D eigenvalue weighted by atomic mass is 16.7. The quantitative estimate of drug-likeness (QED) is 0.193. The largest absolute Gasteiger partial charge is 0.497 e. The number of carbonyl (C=O) groups excluding carboxylic acids is 3. The zero-order valence-corrected chi connectivity index (χ0v) is 21.8. The van der Waals surface area contributed by atoms with Crippen LogP contribution in [0.2, 0.25) is 0 Å². The van der Waals surface area contributed by atoms with E-state index in [1.54, 1.807) is 38.5 Å². The number of nitrogens with zero attached hydrogens (tertiary/aromatic N) is 1. The van der Waals surface area contributed by atoms with Crippen molar-refractivity contribution in [3.8, 4) is 23.3 Å². The van der Waals surface area contributed by atoms with Crippen molar-refractivity contribution in [2.75, 3.05) is 14.2 Å². The maximum absolute atomic E-state index is 12.1. The van der Waals surface area contributed by atoms with Crippen LogP contribution < -0.4 is 9.47 Å². The van der Waals surface area contributed by atoms with E-state index in [0.29, 0.717) is 46.1 Å². The van der Waals surface area contributed by atoms with Gasteiger partial charge in [-0.25, -0.2) is 4.79 Å². The minimum Gasteiger partial charge on any atom is -0.497 e. The molecule has 3 aromatic carbocycles. The minimum atomic E-state index is -1.43. The van der Waals surface area contributed by atoms with Crippen LogP contribution >= 0.6 is 0 Å². The summed E-state index contributed by atoms with van der Waals surface area (Å²) in [6, 6.07) is 21.9. The van der Waals surface area contributed by atoms with E-state index in [9.17, 15) is 19.5 Å². The number of ether oxygens (including phenoxy) is 2. The van der Waals surface area contributed by atoms with Gasteiger partial charge in [-0.05, 0) is 59.5 Å². The summed E-state index contributed by atoms with van der Waals surface area (Å²) in [6.07, 6.45) is 1.03. The van der Waals surface area contributed by atoms with Gasteiger partial charge in [0.15, 0.2) is 0 Å². The minimum absolute atomic E-state index is 0.0431. The zero-order chi connectivity index (χ0) is 27.8. The summed E-state index contributed by atoms with van der Waals surface area (Å²) in [5.41, 5.74) is 1.34. The molecule has 4 rings (SSSR count). The molecule has 1 N–H and O–H groups in total. The van der Waals surface area contributed by atoms with Crippen molar-refractivity contribution in [2.24, 2.45) is 0 Å². The van der Waals surface area contributed by atoms with Gasteiger partial charge in [-0.15, -0.1) is 5.06 Å². The lowest BCUT2D eigenvalue weighted by Gasteiger charge is -2.30. The topological polar surface area (TPSA) is 102 Å². The smallest absolute Gasteiger partial charge is 0.333 e. The van der Waals surface area contributed by atoms with Crippen LogP contribution in [-0.2, 0) is 24.8 Å². The number of carbonyl (C=O) groups is 3. The third-order valence-corrected chi connectivity index (χ3v) is 6.43. The van der Waals surface area contributed by atoms with Crippen LogP contribution in [0.15, 0.2) is 72.8 Å². The van der Waals surface area contributed by atoms with E-state index < -0.39 is 23.4 Å². The fraction of sp³-hybridized carbons (Fsp3) is 0.258. The second kappa shape index (κ2) is 12.3. The van der Waals surface area contributed by atoms with Crippen LogP contribution in [0.3, 0.4) is 0 Å². The van der Waals surface area contributed by atoms with Crippen molar-refractivity contribution in [2.45, 2.75) is 37.7 Å². The van der Waals surface area contributed by atoms with E-state index in [0.717, 1.165) is 5.56 Å². The molecule has 0 aliphatic carbocycles. The molecule has 0 atom stereocenters. The molecule has 0 bridgehead atoms. The van der Waals surface area contributed by atoms with Crippen molar-refractivity contribution in [1.82, 2.24) is 5.06 Å². The first-order valence-corrected chi connectivity index (χ1v) is 12.5. The van der Waals surface area contributed by atoms with E-state index in [2.05, 4.69) is 11.8 Å². The summed E-state index contributed by atoms with van der Waals surface area (Å²) in [6.45, 7) is 0. The molecule has 1 aliphatic heterocycles. The molecule has 1 heterocycles. The number of amides is 2. The summed E-state index contributed by atoms with van der Waals surface area (Å²) in [5.74, 6) is 5.82. The van der Waals surface area contributed by atoms with Crippen LogP contribution in [0, 0.1) is 11.8 Å². The number of hydrogen-bond donors (Lipinski definition) is 1. The molecule has 0 aromatic heterocycles. The number of benzene rings is 3. The Morgan fingerprint density at radius 2 is 1.28 bits per heavy atom. The normalized spacial score (nSPS) is 13.1. The molecule has 0 unspecified atom stereocenters. The van der Waals surface area contributed by atoms with Crippen LogP contribution in [0.1, 0.15) is 54.4 Å². The summed E-state index contributed by atoms with van der Waals surface area (Å²) < 4.78 is 10.6. The second-order valence-corrected chi connectivity index (χ2v) is 8.95. The maximum atomic E-state index is 12.1. The Balaban J connectivity index is 1.44. The Morgan fingerprint density at radius 1 is 0.821 bits per heavy atom. The summed E-state index contributed by atoms with van der Waals surface area (Å²) in [7, 11) is 3.18. The Kier molecular flexibility index (Phi) is 8.64. The average molecular weight is 528 g/mol. The number of rotatable bonds is 9. The number of imide groups is 1. The maximum Gasteiger partial charge on any atom is 0.333 e. The average Bonchev–Trinajstić information content (AvgIpc) is 3.29. The molecule has 0 saturated carbocycles. The molecular formula is C31H29NO7. The van der Waals surface area contributed by atoms with E-state index >= 15 is 0 Å². The van der Waals surface area contributed by atoms with Gasteiger partial charge >= 0.3 is 5.97 Å². The Labute approximate surface area is 227 Å². The Bertz CT molecular complexity index is 1320. The highest BCUT2D eigenvalue weighted by molar-refractivity contribution is 6.01. The van der Waals surface area contributed by atoms with Crippen molar-refractivity contribution in [1.29, 1.82) is 0 Å². The predicted octanol–water partition coefficient (Wildman–Crippen LogP) is 4.12. The second-order valence-electron chi connectivity index (χ2n) is 8.95.